The van der Waals surface area contributed by atoms with Crippen molar-refractivity contribution in [3.63, 3.8) is 0 Å². The van der Waals surface area contributed by atoms with Crippen LogP contribution >= 0.6 is 22.9 Å². The quantitative estimate of drug-likeness (QED) is 0.469. The molecule has 0 saturated carbocycles. The summed E-state index contributed by atoms with van der Waals surface area (Å²) in [5.41, 5.74) is 3.42. The number of thiazole rings is 1. The van der Waals surface area contributed by atoms with Crippen LogP contribution in [-0.4, -0.2) is 31.2 Å². The van der Waals surface area contributed by atoms with E-state index in [9.17, 15) is 9.59 Å². The van der Waals surface area contributed by atoms with Crippen LogP contribution in [0.15, 0.2) is 75.7 Å². The molecule has 6 nitrogen and oxygen atoms in total. The Labute approximate surface area is 212 Å². The molecule has 0 fully saturated rings. The predicted molar refractivity (Wildman–Crippen MR) is 143 cm³/mol. The number of hydrogen-bond donors (Lipinski definition) is 0. The van der Waals surface area contributed by atoms with E-state index in [-0.39, 0.29) is 12.2 Å². The van der Waals surface area contributed by atoms with Crippen molar-refractivity contribution >= 4 is 46.7 Å². The Morgan fingerprint density at radius 2 is 1.91 bits per heavy atom. The highest BCUT2D eigenvalue weighted by Gasteiger charge is 2.30. The Balaban J connectivity index is 1.84. The molecule has 8 heteroatoms. The Kier molecular flexibility index (Phi) is 7.38. The molecule has 1 aliphatic heterocycles. The number of anilines is 1. The number of rotatable bonds is 6. The molecule has 4 rings (SSSR count). The van der Waals surface area contributed by atoms with Crippen LogP contribution in [0.4, 0.5) is 5.69 Å². The van der Waals surface area contributed by atoms with Gasteiger partial charge in [-0.1, -0.05) is 65.4 Å². The molecule has 2 heterocycles. The van der Waals surface area contributed by atoms with E-state index in [0.29, 0.717) is 25.6 Å². The van der Waals surface area contributed by atoms with Gasteiger partial charge in [0.25, 0.3) is 5.56 Å². The van der Waals surface area contributed by atoms with Gasteiger partial charge in [0, 0.05) is 24.8 Å². The second-order valence-electron chi connectivity index (χ2n) is 8.21. The highest BCUT2D eigenvalue weighted by atomic mass is 35.5. The van der Waals surface area contributed by atoms with Crippen molar-refractivity contribution in [1.82, 2.24) is 4.57 Å². The smallest absolute Gasteiger partial charge is 0.338 e. The van der Waals surface area contributed by atoms with Gasteiger partial charge in [-0.3, -0.25) is 9.36 Å². The number of nitrogens with zero attached hydrogens (tertiary/aromatic N) is 3. The van der Waals surface area contributed by atoms with Gasteiger partial charge >= 0.3 is 5.97 Å². The molecule has 1 unspecified atom stereocenters. The van der Waals surface area contributed by atoms with Crippen molar-refractivity contribution in [3.8, 4) is 0 Å². The Hall–Kier alpha value is -3.42. The first kappa shape index (κ1) is 24.7. The fourth-order valence-corrected chi connectivity index (χ4v) is 5.09. The van der Waals surface area contributed by atoms with E-state index < -0.39 is 12.0 Å². The van der Waals surface area contributed by atoms with E-state index in [1.54, 1.807) is 30.6 Å². The first-order chi connectivity index (χ1) is 16.8. The maximum absolute atomic E-state index is 13.6. The third kappa shape index (κ3) is 5.16. The predicted octanol–water partition coefficient (Wildman–Crippen LogP) is 4.18. The molecule has 0 spiro atoms. The Morgan fingerprint density at radius 3 is 2.57 bits per heavy atom. The molecule has 0 bridgehead atoms. The van der Waals surface area contributed by atoms with Crippen molar-refractivity contribution in [2.24, 2.45) is 4.99 Å². The summed E-state index contributed by atoms with van der Waals surface area (Å²) in [6.07, 6.45) is 5.47. The number of carbonyl (C=O) groups excluding carboxylic acids is 1. The van der Waals surface area contributed by atoms with Crippen molar-refractivity contribution in [3.05, 3.63) is 102 Å². The van der Waals surface area contributed by atoms with Gasteiger partial charge in [-0.15, -0.1) is 0 Å². The lowest BCUT2D eigenvalue weighted by Crippen LogP contribution is -2.38. The summed E-state index contributed by atoms with van der Waals surface area (Å²) in [7, 11) is 3.96. The molecule has 35 heavy (non-hydrogen) atoms. The van der Waals surface area contributed by atoms with Crippen LogP contribution in [0.2, 0.25) is 5.02 Å². The zero-order valence-corrected chi connectivity index (χ0v) is 21.6. The average Bonchev–Trinajstić information content (AvgIpc) is 3.13. The summed E-state index contributed by atoms with van der Waals surface area (Å²) in [5, 5.41) is 0.579. The van der Waals surface area contributed by atoms with Crippen molar-refractivity contribution in [2.75, 3.05) is 25.6 Å². The van der Waals surface area contributed by atoms with E-state index in [1.165, 1.54) is 11.3 Å². The molecule has 1 aromatic heterocycles. The minimum absolute atomic E-state index is 0.214. The average molecular weight is 508 g/mol. The monoisotopic (exact) mass is 507 g/mol. The molecule has 2 aromatic carbocycles. The zero-order valence-electron chi connectivity index (χ0n) is 20.0. The van der Waals surface area contributed by atoms with Gasteiger partial charge in [-0.25, -0.2) is 9.79 Å². The van der Waals surface area contributed by atoms with E-state index in [4.69, 9.17) is 16.3 Å². The summed E-state index contributed by atoms with van der Waals surface area (Å²) in [6.45, 7) is 3.74. The maximum atomic E-state index is 13.6. The summed E-state index contributed by atoms with van der Waals surface area (Å²) >= 11 is 7.63. The molecule has 0 radical (unpaired) electrons. The molecule has 1 atom stereocenters. The van der Waals surface area contributed by atoms with Crippen molar-refractivity contribution in [1.29, 1.82) is 0 Å². The Morgan fingerprint density at radius 1 is 1.20 bits per heavy atom. The van der Waals surface area contributed by atoms with E-state index >= 15 is 0 Å². The topological polar surface area (TPSA) is 63.9 Å². The molecule has 0 aliphatic carbocycles. The van der Waals surface area contributed by atoms with Crippen LogP contribution in [0.3, 0.4) is 0 Å². The second-order valence-corrected chi connectivity index (χ2v) is 9.63. The number of esters is 1. The highest BCUT2D eigenvalue weighted by molar-refractivity contribution is 7.07. The molecular formula is C27H26ClN3O3S. The molecule has 0 saturated heterocycles. The first-order valence-electron chi connectivity index (χ1n) is 11.2. The number of hydrogen-bond acceptors (Lipinski definition) is 6. The van der Waals surface area contributed by atoms with Crippen LogP contribution in [0.1, 0.15) is 31.0 Å². The lowest BCUT2D eigenvalue weighted by Gasteiger charge is -2.21. The molecule has 0 N–H and O–H groups in total. The normalized spacial score (nSPS) is 15.8. The van der Waals surface area contributed by atoms with E-state index in [1.807, 2.05) is 73.6 Å². The lowest BCUT2D eigenvalue weighted by molar-refractivity contribution is -0.139. The van der Waals surface area contributed by atoms with Crippen LogP contribution in [0.25, 0.3) is 12.2 Å². The number of benzene rings is 2. The summed E-state index contributed by atoms with van der Waals surface area (Å²) in [5.74, 6) is -0.490. The lowest BCUT2D eigenvalue weighted by atomic mass is 10.0. The number of allylic oxidation sites excluding steroid dienone is 2. The van der Waals surface area contributed by atoms with Gasteiger partial charge in [-0.05, 0) is 49.2 Å². The standard InChI is InChI=1S/C27H26ClN3O3S/c1-5-34-26(33)24-17(2)29-27-31(22(24)15-12-19-8-6-7-9-21(19)28)25(32)23(35-27)16-18-10-13-20(14-11-18)30(3)4/h6-16,22H,5H2,1-4H3/b15-12+,23-16+. The zero-order chi connectivity index (χ0) is 25.1. The first-order valence-corrected chi connectivity index (χ1v) is 12.4. The van der Waals surface area contributed by atoms with Gasteiger partial charge in [0.05, 0.1) is 28.5 Å². The molecule has 3 aromatic rings. The Bertz CT molecular complexity index is 1500. The molecule has 180 valence electrons. The van der Waals surface area contributed by atoms with E-state index in [0.717, 1.165) is 16.8 Å². The molecule has 1 aliphatic rings. The van der Waals surface area contributed by atoms with E-state index in [2.05, 4.69) is 4.99 Å². The van der Waals surface area contributed by atoms with Crippen LogP contribution in [0.5, 0.6) is 0 Å². The second kappa shape index (κ2) is 10.5. The maximum Gasteiger partial charge on any atom is 0.338 e. The largest absolute Gasteiger partial charge is 0.463 e. The van der Waals surface area contributed by atoms with Gasteiger partial charge in [0.1, 0.15) is 0 Å². The summed E-state index contributed by atoms with van der Waals surface area (Å²) in [4.78, 5) is 33.6. The van der Waals surface area contributed by atoms with Gasteiger partial charge in [-0.2, -0.15) is 0 Å². The van der Waals surface area contributed by atoms with Crippen LogP contribution < -0.4 is 19.8 Å². The van der Waals surface area contributed by atoms with Crippen molar-refractivity contribution < 1.29 is 9.53 Å². The highest BCUT2D eigenvalue weighted by Crippen LogP contribution is 2.27. The van der Waals surface area contributed by atoms with Gasteiger partial charge in [0.2, 0.25) is 0 Å². The minimum Gasteiger partial charge on any atom is -0.463 e. The third-order valence-electron chi connectivity index (χ3n) is 5.63. The van der Waals surface area contributed by atoms with Crippen LogP contribution in [-0.2, 0) is 9.53 Å². The fraction of sp³-hybridized carbons (Fsp3) is 0.222. The number of carbonyl (C=O) groups is 1. The fourth-order valence-electron chi connectivity index (χ4n) is 3.84. The van der Waals surface area contributed by atoms with Crippen LogP contribution in [0, 0.1) is 0 Å². The van der Waals surface area contributed by atoms with Gasteiger partial charge in [0.15, 0.2) is 4.80 Å². The van der Waals surface area contributed by atoms with Crippen molar-refractivity contribution in [2.45, 2.75) is 19.9 Å². The SMILES string of the molecule is CCOC(=O)C1=C(C)N=c2s/c(=C/c3ccc(N(C)C)cc3)c(=O)n2C1/C=C/c1ccccc1Cl. The number of halogens is 1. The molecule has 0 amide bonds. The summed E-state index contributed by atoms with van der Waals surface area (Å²) < 4.78 is 7.40. The number of aromatic nitrogens is 1. The number of ether oxygens (including phenoxy) is 1. The summed E-state index contributed by atoms with van der Waals surface area (Å²) in [6, 6.07) is 14.7. The number of fused-ring (bicyclic) bond motifs is 1. The third-order valence-corrected chi connectivity index (χ3v) is 6.96. The minimum atomic E-state index is -0.667. The van der Waals surface area contributed by atoms with Gasteiger partial charge < -0.3 is 9.64 Å². The molecular weight excluding hydrogens is 482 g/mol.